The molecular formula is C16H14ClF4N3O3. The van der Waals surface area contributed by atoms with Gasteiger partial charge in [-0.2, -0.15) is 17.9 Å². The van der Waals surface area contributed by atoms with Gasteiger partial charge in [-0.15, -0.1) is 5.10 Å². The SMILES string of the molecule is Cc1cc(Oc2c(F)cc(C(F)(F)F)cc2Cl)nn1C(=O)NC1CCCO1. The quantitative estimate of drug-likeness (QED) is 0.761. The molecule has 1 aliphatic rings. The van der Waals surface area contributed by atoms with E-state index in [0.29, 0.717) is 24.8 Å². The van der Waals surface area contributed by atoms with Crippen molar-refractivity contribution in [3.63, 3.8) is 0 Å². The number of aromatic nitrogens is 2. The van der Waals surface area contributed by atoms with Crippen LogP contribution in [0.5, 0.6) is 11.6 Å². The molecular weight excluding hydrogens is 394 g/mol. The summed E-state index contributed by atoms with van der Waals surface area (Å²) in [6.07, 6.45) is -3.68. The van der Waals surface area contributed by atoms with Gasteiger partial charge in [-0.05, 0) is 31.9 Å². The van der Waals surface area contributed by atoms with E-state index in [2.05, 4.69) is 10.4 Å². The molecule has 27 heavy (non-hydrogen) atoms. The summed E-state index contributed by atoms with van der Waals surface area (Å²) in [5, 5.41) is 5.93. The van der Waals surface area contributed by atoms with E-state index < -0.39 is 40.6 Å². The summed E-state index contributed by atoms with van der Waals surface area (Å²) in [5.41, 5.74) is -0.876. The first kappa shape index (κ1) is 19.4. The molecule has 0 radical (unpaired) electrons. The molecule has 2 heterocycles. The molecule has 6 nitrogen and oxygen atoms in total. The molecule has 0 aliphatic carbocycles. The van der Waals surface area contributed by atoms with E-state index in [-0.39, 0.29) is 11.9 Å². The summed E-state index contributed by atoms with van der Waals surface area (Å²) in [6.45, 7) is 2.10. The lowest BCUT2D eigenvalue weighted by atomic mass is 10.2. The fourth-order valence-electron chi connectivity index (χ4n) is 2.52. The fourth-order valence-corrected chi connectivity index (χ4v) is 2.76. The highest BCUT2D eigenvalue weighted by Crippen LogP contribution is 2.38. The van der Waals surface area contributed by atoms with E-state index in [1.165, 1.54) is 6.07 Å². The molecule has 1 saturated heterocycles. The summed E-state index contributed by atoms with van der Waals surface area (Å²) in [4.78, 5) is 12.2. The van der Waals surface area contributed by atoms with Crippen LogP contribution in [-0.4, -0.2) is 28.6 Å². The number of ether oxygens (including phenoxy) is 2. The third-order valence-electron chi connectivity index (χ3n) is 3.80. The number of alkyl halides is 3. The predicted octanol–water partition coefficient (Wildman–Crippen LogP) is 4.49. The number of nitrogens with one attached hydrogen (secondary N) is 1. The van der Waals surface area contributed by atoms with Gasteiger partial charge in [0.2, 0.25) is 5.88 Å². The van der Waals surface area contributed by atoms with Crippen molar-refractivity contribution in [2.45, 2.75) is 32.2 Å². The average Bonchev–Trinajstić information content (AvgIpc) is 3.19. The Hall–Kier alpha value is -2.33. The normalized spacial score (nSPS) is 17.2. The largest absolute Gasteiger partial charge is 0.433 e. The highest BCUT2D eigenvalue weighted by Gasteiger charge is 2.33. The first-order valence-electron chi connectivity index (χ1n) is 7.88. The minimum atomic E-state index is -4.75. The number of halogens is 5. The van der Waals surface area contributed by atoms with Crippen LogP contribution in [0.15, 0.2) is 18.2 Å². The van der Waals surface area contributed by atoms with Gasteiger partial charge in [-0.1, -0.05) is 11.6 Å². The molecule has 1 aliphatic heterocycles. The molecule has 1 fully saturated rings. The molecule has 1 aromatic heterocycles. The lowest BCUT2D eigenvalue weighted by Crippen LogP contribution is -2.38. The molecule has 0 saturated carbocycles. The summed E-state index contributed by atoms with van der Waals surface area (Å²) in [7, 11) is 0. The van der Waals surface area contributed by atoms with Crippen LogP contribution >= 0.6 is 11.6 Å². The second-order valence-electron chi connectivity index (χ2n) is 5.86. The van der Waals surface area contributed by atoms with Crippen LogP contribution in [0.4, 0.5) is 22.4 Å². The molecule has 3 rings (SSSR count). The smallest absolute Gasteiger partial charge is 0.416 e. The van der Waals surface area contributed by atoms with Gasteiger partial charge in [0.1, 0.15) is 6.23 Å². The number of amides is 1. The predicted molar refractivity (Wildman–Crippen MR) is 86.4 cm³/mol. The number of rotatable bonds is 3. The fraction of sp³-hybridized carbons (Fsp3) is 0.375. The zero-order chi connectivity index (χ0) is 19.8. The van der Waals surface area contributed by atoms with Gasteiger partial charge in [-0.3, -0.25) is 0 Å². The van der Waals surface area contributed by atoms with E-state index in [4.69, 9.17) is 21.1 Å². The highest BCUT2D eigenvalue weighted by atomic mass is 35.5. The Bertz CT molecular complexity index is 840. The molecule has 146 valence electrons. The van der Waals surface area contributed by atoms with Gasteiger partial charge in [-0.25, -0.2) is 9.18 Å². The monoisotopic (exact) mass is 407 g/mol. The van der Waals surface area contributed by atoms with Crippen molar-refractivity contribution < 1.29 is 31.8 Å². The van der Waals surface area contributed by atoms with Crippen molar-refractivity contribution >= 4 is 17.6 Å². The van der Waals surface area contributed by atoms with Crippen LogP contribution < -0.4 is 10.1 Å². The van der Waals surface area contributed by atoms with Gasteiger partial charge >= 0.3 is 12.2 Å². The molecule has 0 spiro atoms. The zero-order valence-corrected chi connectivity index (χ0v) is 14.7. The minimum Gasteiger partial charge on any atom is -0.433 e. The Morgan fingerprint density at radius 2 is 2.15 bits per heavy atom. The first-order chi connectivity index (χ1) is 12.6. The van der Waals surface area contributed by atoms with Crippen molar-refractivity contribution in [3.05, 3.63) is 40.3 Å². The summed E-state index contributed by atoms with van der Waals surface area (Å²) < 4.78 is 63.5. The van der Waals surface area contributed by atoms with E-state index in [0.717, 1.165) is 11.1 Å². The number of hydrogen-bond acceptors (Lipinski definition) is 4. The zero-order valence-electron chi connectivity index (χ0n) is 13.9. The Morgan fingerprint density at radius 3 is 2.74 bits per heavy atom. The van der Waals surface area contributed by atoms with Crippen molar-refractivity contribution in [3.8, 4) is 11.6 Å². The number of aryl methyl sites for hydroxylation is 1. The van der Waals surface area contributed by atoms with E-state index in [1.807, 2.05) is 0 Å². The maximum absolute atomic E-state index is 14.0. The Labute approximate surface area is 156 Å². The van der Waals surface area contributed by atoms with Gasteiger partial charge in [0.15, 0.2) is 11.6 Å². The standard InChI is InChI=1S/C16H14ClF4N3O3/c1-8-5-13(23-24(8)15(25)22-12-3-2-4-26-12)27-14-10(17)6-9(7-11(14)18)16(19,20)21/h5-7,12H,2-4H2,1H3,(H,22,25). The molecule has 11 heteroatoms. The molecule has 2 aromatic rings. The number of benzene rings is 1. The second-order valence-corrected chi connectivity index (χ2v) is 6.26. The van der Waals surface area contributed by atoms with Crippen LogP contribution in [0, 0.1) is 12.7 Å². The van der Waals surface area contributed by atoms with Crippen LogP contribution in [0.2, 0.25) is 5.02 Å². The minimum absolute atomic E-state index is 0.199. The Kier molecular flexibility index (Phi) is 5.29. The lowest BCUT2D eigenvalue weighted by Gasteiger charge is -2.12. The molecule has 1 atom stereocenters. The summed E-state index contributed by atoms with van der Waals surface area (Å²) in [6, 6.07) is 1.57. The second kappa shape index (κ2) is 7.35. The van der Waals surface area contributed by atoms with Crippen LogP contribution in [0.25, 0.3) is 0 Å². The highest BCUT2D eigenvalue weighted by molar-refractivity contribution is 6.32. The van der Waals surface area contributed by atoms with E-state index in [9.17, 15) is 22.4 Å². The van der Waals surface area contributed by atoms with Crippen LogP contribution in [0.3, 0.4) is 0 Å². The summed E-state index contributed by atoms with van der Waals surface area (Å²) >= 11 is 5.72. The molecule has 0 bridgehead atoms. The third kappa shape index (κ3) is 4.33. The molecule has 1 unspecified atom stereocenters. The summed E-state index contributed by atoms with van der Waals surface area (Å²) in [5.74, 6) is -2.12. The maximum atomic E-state index is 14.0. The van der Waals surface area contributed by atoms with Gasteiger partial charge < -0.3 is 14.8 Å². The van der Waals surface area contributed by atoms with Crippen molar-refractivity contribution in [1.29, 1.82) is 0 Å². The van der Waals surface area contributed by atoms with Crippen molar-refractivity contribution in [2.24, 2.45) is 0 Å². The van der Waals surface area contributed by atoms with Crippen molar-refractivity contribution in [2.75, 3.05) is 6.61 Å². The average molecular weight is 408 g/mol. The third-order valence-corrected chi connectivity index (χ3v) is 4.08. The van der Waals surface area contributed by atoms with Gasteiger partial charge in [0.25, 0.3) is 0 Å². The Morgan fingerprint density at radius 1 is 1.41 bits per heavy atom. The molecule has 1 aromatic carbocycles. The van der Waals surface area contributed by atoms with Crippen LogP contribution in [-0.2, 0) is 10.9 Å². The number of carbonyl (C=O) groups excluding carboxylic acids is 1. The van der Waals surface area contributed by atoms with Crippen molar-refractivity contribution in [1.82, 2.24) is 15.1 Å². The Balaban J connectivity index is 1.79. The number of nitrogens with zero attached hydrogens (tertiary/aromatic N) is 2. The number of carbonyl (C=O) groups is 1. The van der Waals surface area contributed by atoms with Gasteiger partial charge in [0, 0.05) is 12.7 Å². The van der Waals surface area contributed by atoms with E-state index >= 15 is 0 Å². The molecule has 1 N–H and O–H groups in total. The molecule has 1 amide bonds. The van der Waals surface area contributed by atoms with E-state index in [1.54, 1.807) is 6.92 Å². The van der Waals surface area contributed by atoms with Crippen LogP contribution in [0.1, 0.15) is 24.1 Å². The lowest BCUT2D eigenvalue weighted by molar-refractivity contribution is -0.137. The topological polar surface area (TPSA) is 65.4 Å². The maximum Gasteiger partial charge on any atom is 0.416 e. The van der Waals surface area contributed by atoms with Gasteiger partial charge in [0.05, 0.1) is 16.3 Å². The number of hydrogen-bond donors (Lipinski definition) is 1. The first-order valence-corrected chi connectivity index (χ1v) is 8.26.